The van der Waals surface area contributed by atoms with E-state index >= 15 is 0 Å². The first-order valence-electron chi connectivity index (χ1n) is 6.43. The lowest BCUT2D eigenvalue weighted by molar-refractivity contribution is 0.190. The molecule has 0 radical (unpaired) electrons. The van der Waals surface area contributed by atoms with Crippen LogP contribution in [0.2, 0.25) is 0 Å². The lowest BCUT2D eigenvalue weighted by Crippen LogP contribution is -2.35. The normalized spacial score (nSPS) is 12.0. The molecule has 0 aliphatic carbocycles. The highest BCUT2D eigenvalue weighted by molar-refractivity contribution is 5.92. The summed E-state index contributed by atoms with van der Waals surface area (Å²) < 4.78 is 5.09. The molecule has 112 valence electrons. The molecule has 1 heterocycles. The number of nitrogens with one attached hydrogen (secondary N) is 3. The first kappa shape index (κ1) is 14.9. The molecule has 1 atom stereocenters. The van der Waals surface area contributed by atoms with Crippen LogP contribution in [0.15, 0.2) is 29.2 Å². The minimum Gasteiger partial charge on any atom is -0.497 e. The number of urea groups is 1. The van der Waals surface area contributed by atoms with Crippen LogP contribution in [0.5, 0.6) is 5.75 Å². The molecule has 0 bridgehead atoms. The van der Waals surface area contributed by atoms with Crippen molar-refractivity contribution in [3.63, 3.8) is 0 Å². The number of rotatable bonds is 4. The molecule has 0 saturated heterocycles. The lowest BCUT2D eigenvalue weighted by Gasteiger charge is -2.09. The molecule has 0 saturated carbocycles. The Kier molecular flexibility index (Phi) is 4.44. The first-order valence-corrected chi connectivity index (χ1v) is 6.43. The maximum absolute atomic E-state index is 12.2. The third-order valence-corrected chi connectivity index (χ3v) is 2.89. The average molecular weight is 291 g/mol. The summed E-state index contributed by atoms with van der Waals surface area (Å²) in [5.41, 5.74) is 0.462. The number of aromatic nitrogens is 1. The fraction of sp³-hybridized carbons (Fsp3) is 0.286. The van der Waals surface area contributed by atoms with Gasteiger partial charge in [0.15, 0.2) is 0 Å². The molecule has 2 amide bonds. The minimum atomic E-state index is -0.655. The van der Waals surface area contributed by atoms with Crippen LogP contribution in [-0.4, -0.2) is 35.9 Å². The van der Waals surface area contributed by atoms with Crippen molar-refractivity contribution >= 4 is 22.6 Å². The van der Waals surface area contributed by atoms with Gasteiger partial charge in [0, 0.05) is 24.2 Å². The number of aromatic amines is 1. The molecule has 2 aromatic rings. The Balaban J connectivity index is 2.24. The summed E-state index contributed by atoms with van der Waals surface area (Å²) in [4.78, 5) is 26.8. The summed E-state index contributed by atoms with van der Waals surface area (Å²) >= 11 is 0. The highest BCUT2D eigenvalue weighted by Crippen LogP contribution is 2.17. The fourth-order valence-electron chi connectivity index (χ4n) is 1.83. The summed E-state index contributed by atoms with van der Waals surface area (Å²) in [6.45, 7) is 1.66. The van der Waals surface area contributed by atoms with E-state index in [4.69, 9.17) is 9.84 Å². The molecule has 0 aliphatic rings. The maximum atomic E-state index is 12.2. The number of aliphatic hydroxyl groups excluding tert-OH is 1. The number of ether oxygens (including phenoxy) is 1. The second-order valence-corrected chi connectivity index (χ2v) is 4.63. The second kappa shape index (κ2) is 6.27. The molecule has 0 spiro atoms. The van der Waals surface area contributed by atoms with Gasteiger partial charge in [-0.3, -0.25) is 4.79 Å². The van der Waals surface area contributed by atoms with Gasteiger partial charge in [-0.2, -0.15) is 0 Å². The molecule has 7 nitrogen and oxygen atoms in total. The monoisotopic (exact) mass is 291 g/mol. The van der Waals surface area contributed by atoms with E-state index in [1.54, 1.807) is 32.2 Å². The third-order valence-electron chi connectivity index (χ3n) is 2.89. The summed E-state index contributed by atoms with van der Waals surface area (Å²) in [5, 5.41) is 14.4. The zero-order valence-electron chi connectivity index (χ0n) is 11.8. The standard InChI is InChI=1S/C14H17N3O4/c1-8(18)6-16-14(20)17-12-7-15-11-5-9(21-2)3-4-10(11)13(12)19/h3-5,7-8,18H,6H2,1-2H3,(H,15,19)(H2,16,17,20). The van der Waals surface area contributed by atoms with Gasteiger partial charge in [-0.1, -0.05) is 0 Å². The van der Waals surface area contributed by atoms with Crippen molar-refractivity contribution in [3.8, 4) is 5.75 Å². The molecule has 1 aromatic carbocycles. The highest BCUT2D eigenvalue weighted by Gasteiger charge is 2.09. The van der Waals surface area contributed by atoms with Crippen LogP contribution in [0.25, 0.3) is 10.9 Å². The Labute approximate surface area is 120 Å². The largest absolute Gasteiger partial charge is 0.497 e. The van der Waals surface area contributed by atoms with Crippen LogP contribution in [0, 0.1) is 0 Å². The number of carbonyl (C=O) groups excluding carboxylic acids is 1. The van der Waals surface area contributed by atoms with Crippen molar-refractivity contribution in [2.75, 3.05) is 19.0 Å². The van der Waals surface area contributed by atoms with Crippen LogP contribution in [-0.2, 0) is 0 Å². The van der Waals surface area contributed by atoms with Crippen LogP contribution < -0.4 is 20.8 Å². The Bertz CT molecular complexity index is 709. The molecule has 1 aromatic heterocycles. The minimum absolute atomic E-state index is 0.106. The van der Waals surface area contributed by atoms with Gasteiger partial charge in [0.2, 0.25) is 5.43 Å². The van der Waals surface area contributed by atoms with Crippen molar-refractivity contribution < 1.29 is 14.6 Å². The Morgan fingerprint density at radius 2 is 2.24 bits per heavy atom. The number of methoxy groups -OCH3 is 1. The molecule has 0 fully saturated rings. The second-order valence-electron chi connectivity index (χ2n) is 4.63. The van der Waals surface area contributed by atoms with E-state index in [0.717, 1.165) is 0 Å². The molecule has 21 heavy (non-hydrogen) atoms. The van der Waals surface area contributed by atoms with E-state index in [9.17, 15) is 9.59 Å². The lowest BCUT2D eigenvalue weighted by atomic mass is 10.2. The number of H-pyrrole nitrogens is 1. The number of benzene rings is 1. The zero-order valence-corrected chi connectivity index (χ0v) is 11.8. The number of hydrogen-bond donors (Lipinski definition) is 4. The van der Waals surface area contributed by atoms with E-state index in [2.05, 4.69) is 15.6 Å². The molecule has 0 aliphatic heterocycles. The Morgan fingerprint density at radius 3 is 2.90 bits per heavy atom. The number of fused-ring (bicyclic) bond motifs is 1. The Hall–Kier alpha value is -2.54. The third kappa shape index (κ3) is 3.51. The van der Waals surface area contributed by atoms with Crippen LogP contribution in [0.1, 0.15) is 6.92 Å². The van der Waals surface area contributed by atoms with E-state index < -0.39 is 12.1 Å². The van der Waals surface area contributed by atoms with Gasteiger partial charge in [0.1, 0.15) is 11.4 Å². The van der Waals surface area contributed by atoms with E-state index in [1.807, 2.05) is 0 Å². The summed E-state index contributed by atoms with van der Waals surface area (Å²) in [6, 6.07) is 4.46. The van der Waals surface area contributed by atoms with E-state index in [1.165, 1.54) is 6.20 Å². The molecule has 7 heteroatoms. The zero-order chi connectivity index (χ0) is 15.4. The fourth-order valence-corrected chi connectivity index (χ4v) is 1.83. The van der Waals surface area contributed by atoms with Gasteiger partial charge in [-0.05, 0) is 19.1 Å². The number of hydrogen-bond acceptors (Lipinski definition) is 4. The number of anilines is 1. The molecular formula is C14H17N3O4. The van der Waals surface area contributed by atoms with Crippen molar-refractivity contribution in [2.45, 2.75) is 13.0 Å². The first-order chi connectivity index (χ1) is 10.0. The van der Waals surface area contributed by atoms with Crippen molar-refractivity contribution in [2.24, 2.45) is 0 Å². The van der Waals surface area contributed by atoms with E-state index in [-0.39, 0.29) is 17.7 Å². The van der Waals surface area contributed by atoms with Crippen molar-refractivity contribution in [3.05, 3.63) is 34.6 Å². The number of amides is 2. The van der Waals surface area contributed by atoms with Gasteiger partial charge in [0.05, 0.1) is 18.7 Å². The molecular weight excluding hydrogens is 274 g/mol. The highest BCUT2D eigenvalue weighted by atomic mass is 16.5. The molecule has 2 rings (SSSR count). The maximum Gasteiger partial charge on any atom is 0.319 e. The van der Waals surface area contributed by atoms with Crippen molar-refractivity contribution in [1.82, 2.24) is 10.3 Å². The van der Waals surface area contributed by atoms with E-state index in [0.29, 0.717) is 16.7 Å². The van der Waals surface area contributed by atoms with Crippen LogP contribution >= 0.6 is 0 Å². The molecule has 4 N–H and O–H groups in total. The van der Waals surface area contributed by atoms with Gasteiger partial charge < -0.3 is 25.5 Å². The smallest absolute Gasteiger partial charge is 0.319 e. The van der Waals surface area contributed by atoms with Crippen molar-refractivity contribution in [1.29, 1.82) is 0 Å². The number of carbonyl (C=O) groups is 1. The quantitative estimate of drug-likeness (QED) is 0.675. The SMILES string of the molecule is COc1ccc2c(=O)c(NC(=O)NCC(C)O)c[nH]c2c1. The molecule has 1 unspecified atom stereocenters. The summed E-state index contributed by atoms with van der Waals surface area (Å²) in [6.07, 6.45) is 0.768. The Morgan fingerprint density at radius 1 is 1.48 bits per heavy atom. The summed E-state index contributed by atoms with van der Waals surface area (Å²) in [5.74, 6) is 0.633. The average Bonchev–Trinajstić information content (AvgIpc) is 2.47. The van der Waals surface area contributed by atoms with Gasteiger partial charge >= 0.3 is 6.03 Å². The number of aliphatic hydroxyl groups is 1. The van der Waals surface area contributed by atoms with Crippen LogP contribution in [0.4, 0.5) is 10.5 Å². The predicted octanol–water partition coefficient (Wildman–Crippen LogP) is 1.04. The van der Waals surface area contributed by atoms with Gasteiger partial charge in [-0.25, -0.2) is 4.79 Å². The van der Waals surface area contributed by atoms with Crippen LogP contribution in [0.3, 0.4) is 0 Å². The summed E-state index contributed by atoms with van der Waals surface area (Å²) in [7, 11) is 1.54. The topological polar surface area (TPSA) is 103 Å². The van der Waals surface area contributed by atoms with Gasteiger partial charge in [-0.15, -0.1) is 0 Å². The predicted molar refractivity (Wildman–Crippen MR) is 79.8 cm³/mol. The van der Waals surface area contributed by atoms with Gasteiger partial charge in [0.25, 0.3) is 0 Å². The number of pyridine rings is 1.